The van der Waals surface area contributed by atoms with E-state index in [4.69, 9.17) is 4.74 Å². The van der Waals surface area contributed by atoms with Crippen LogP contribution in [-0.2, 0) is 10.2 Å². The maximum absolute atomic E-state index is 6.77. The van der Waals surface area contributed by atoms with Crippen LogP contribution in [0.15, 0.2) is 108 Å². The summed E-state index contributed by atoms with van der Waals surface area (Å²) in [5.74, 6) is 5.88. The molecule has 0 aromatic heterocycles. The molecule has 15 atom stereocenters. The average Bonchev–Trinajstić information content (AvgIpc) is 3.99. The van der Waals surface area contributed by atoms with E-state index in [-0.39, 0.29) is 5.41 Å². The molecule has 1 heterocycles. The van der Waals surface area contributed by atoms with E-state index < -0.39 is 0 Å². The highest BCUT2D eigenvalue weighted by Gasteiger charge is 2.65. The lowest BCUT2D eigenvalue weighted by Crippen LogP contribution is -2.52. The average molecular weight is 869 g/mol. The second kappa shape index (κ2) is 17.4. The van der Waals surface area contributed by atoms with Gasteiger partial charge in [-0.2, -0.15) is 0 Å². The number of ether oxygens (including phenoxy) is 1. The van der Waals surface area contributed by atoms with Gasteiger partial charge in [-0.1, -0.05) is 148 Å². The third-order valence-electron chi connectivity index (χ3n) is 20.9. The van der Waals surface area contributed by atoms with Crippen molar-refractivity contribution in [2.45, 2.75) is 208 Å². The number of nitrogens with zero attached hydrogens (tertiary/aromatic N) is 1. The highest BCUT2D eigenvalue weighted by molar-refractivity contribution is 5.64. The number of fused-ring (bicyclic) bond motifs is 12. The Kier molecular flexibility index (Phi) is 11.3. The Hall–Kier alpha value is -3.14. The molecule has 0 radical (unpaired) electrons. The maximum atomic E-state index is 6.77. The van der Waals surface area contributed by atoms with E-state index in [2.05, 4.69) is 108 Å². The fourth-order valence-electron chi connectivity index (χ4n) is 18.3. The molecular weight excluding hydrogens is 789 g/mol. The molecular formula is C62H80N2O. The van der Waals surface area contributed by atoms with E-state index >= 15 is 0 Å². The van der Waals surface area contributed by atoms with Crippen molar-refractivity contribution in [3.63, 3.8) is 0 Å². The van der Waals surface area contributed by atoms with Gasteiger partial charge in [0, 0.05) is 47.1 Å². The summed E-state index contributed by atoms with van der Waals surface area (Å²) in [5, 5.41) is 4.46. The predicted molar refractivity (Wildman–Crippen MR) is 268 cm³/mol. The van der Waals surface area contributed by atoms with Gasteiger partial charge in [0.2, 0.25) is 0 Å². The van der Waals surface area contributed by atoms with Crippen molar-refractivity contribution in [1.29, 1.82) is 0 Å². The molecule has 0 bridgehead atoms. The lowest BCUT2D eigenvalue weighted by atomic mass is 9.56. The lowest BCUT2D eigenvalue weighted by molar-refractivity contribution is 0.00259. The van der Waals surface area contributed by atoms with Gasteiger partial charge in [-0.25, -0.2) is 0 Å². The molecule has 2 aromatic rings. The fraction of sp³-hybridized carbons (Fsp3) is 0.645. The molecule has 3 heteroatoms. The number of para-hydroxylation sites is 1. The van der Waals surface area contributed by atoms with Crippen molar-refractivity contribution < 1.29 is 4.74 Å². The molecule has 11 aliphatic rings. The number of nitrogens with one attached hydrogen (secondary N) is 1. The predicted octanol–water partition coefficient (Wildman–Crippen LogP) is 14.8. The highest BCUT2D eigenvalue weighted by Crippen LogP contribution is 2.71. The van der Waals surface area contributed by atoms with Crippen LogP contribution in [0, 0.1) is 41.4 Å². The molecule has 13 rings (SSSR count). The van der Waals surface area contributed by atoms with Gasteiger partial charge in [-0.15, -0.1) is 0 Å². The Bertz CT molecular complexity index is 2240. The van der Waals surface area contributed by atoms with E-state index in [1.54, 1.807) is 28.0 Å². The Morgan fingerprint density at radius 2 is 1.48 bits per heavy atom. The first-order chi connectivity index (χ1) is 32.2. The number of allylic oxidation sites excluding steroid dienone is 7. The lowest BCUT2D eigenvalue weighted by Gasteiger charge is -2.51. The van der Waals surface area contributed by atoms with E-state index in [0.29, 0.717) is 71.9 Å². The van der Waals surface area contributed by atoms with Gasteiger partial charge in [0.05, 0.1) is 12.2 Å². The number of hydrogen-bond donors (Lipinski definition) is 1. The molecule has 3 nitrogen and oxygen atoms in total. The van der Waals surface area contributed by atoms with Crippen molar-refractivity contribution in [2.24, 2.45) is 41.4 Å². The third kappa shape index (κ3) is 6.90. The van der Waals surface area contributed by atoms with Crippen LogP contribution >= 0.6 is 0 Å². The molecule has 14 unspecified atom stereocenters. The van der Waals surface area contributed by atoms with Gasteiger partial charge in [0.25, 0.3) is 0 Å². The molecule has 1 aliphatic heterocycles. The standard InChI is InChI=1S/C62H80N2O/c1-40-18-5-14-31-57(40)64(58-32-15-9-21-44(58)41-19-3-2-4-20-41)43-35-36-46-45-22-6-11-27-52(45)62(55(46)39-43)53-28-12-7-25-50(53)61-49(26-17-29-54(61)62)47-23-8-13-30-56(47)63-42-34-37-60-51(38-42)48-24-10-16-33-59(48)65-60/h6,9,11-13,15,21-22,26-28,30,32,35-36,40-43,46-48,51,54-57,59-61,63H,2-5,7-8,10,14,16-20,23-25,29,31,33-34,37-39H2,1H3/t40?,42?,43?,46?,47?,48?,51?,54?,55?,56?,57?,59?,60?,61?,62-/m1/s1. The molecule has 344 valence electrons. The quantitative estimate of drug-likeness (QED) is 0.281. The fourth-order valence-corrected chi connectivity index (χ4v) is 18.3. The van der Waals surface area contributed by atoms with E-state index in [0.717, 1.165) is 17.8 Å². The van der Waals surface area contributed by atoms with Crippen molar-refractivity contribution in [3.05, 3.63) is 124 Å². The van der Waals surface area contributed by atoms with Gasteiger partial charge >= 0.3 is 0 Å². The first-order valence-corrected chi connectivity index (χ1v) is 28.0. The minimum Gasteiger partial charge on any atom is -0.374 e. The van der Waals surface area contributed by atoms with Gasteiger partial charge < -0.3 is 15.0 Å². The zero-order chi connectivity index (χ0) is 43.1. The summed E-state index contributed by atoms with van der Waals surface area (Å²) in [6, 6.07) is 22.0. The van der Waals surface area contributed by atoms with Crippen LogP contribution in [-0.4, -0.2) is 36.4 Å². The topological polar surface area (TPSA) is 24.5 Å². The van der Waals surface area contributed by atoms with Crippen molar-refractivity contribution in [1.82, 2.24) is 5.32 Å². The minimum absolute atomic E-state index is 0.0677. The van der Waals surface area contributed by atoms with Crippen LogP contribution in [0.4, 0.5) is 5.69 Å². The molecule has 5 fully saturated rings. The summed E-state index contributed by atoms with van der Waals surface area (Å²) in [4.78, 5) is 3.09. The SMILES string of the molecule is CC1CCCCC1N(c1ccccc1C1CCCCC1)C1C=CC2c3ccccc3[C@]3(C4=C(CCC=C4)C4C(C5CCC=CC5NC5CCC6OC7CCCCC7C6C5)=CCCC43)C2C1. The molecule has 1 N–H and O–H groups in total. The van der Waals surface area contributed by atoms with Gasteiger partial charge in [-0.05, 0) is 172 Å². The number of rotatable bonds is 7. The second-order valence-electron chi connectivity index (χ2n) is 23.8. The number of anilines is 1. The van der Waals surface area contributed by atoms with Crippen molar-refractivity contribution in [3.8, 4) is 0 Å². The number of hydrogen-bond acceptors (Lipinski definition) is 3. The Morgan fingerprint density at radius 1 is 0.662 bits per heavy atom. The smallest absolute Gasteiger partial charge is 0.0612 e. The number of benzene rings is 2. The van der Waals surface area contributed by atoms with Crippen LogP contribution in [0.1, 0.15) is 183 Å². The first kappa shape index (κ1) is 42.0. The summed E-state index contributed by atoms with van der Waals surface area (Å²) in [6.45, 7) is 2.60. The molecule has 1 spiro atoms. The van der Waals surface area contributed by atoms with Crippen molar-refractivity contribution >= 4 is 5.69 Å². The Labute approximate surface area is 393 Å². The first-order valence-electron chi connectivity index (χ1n) is 28.0. The van der Waals surface area contributed by atoms with Crippen LogP contribution in [0.5, 0.6) is 0 Å². The maximum Gasteiger partial charge on any atom is 0.0612 e. The summed E-state index contributed by atoms with van der Waals surface area (Å²) in [6.07, 6.45) is 50.5. The summed E-state index contributed by atoms with van der Waals surface area (Å²) >= 11 is 0. The molecule has 10 aliphatic carbocycles. The monoisotopic (exact) mass is 869 g/mol. The van der Waals surface area contributed by atoms with Crippen LogP contribution < -0.4 is 10.2 Å². The Balaban J connectivity index is 0.859. The Morgan fingerprint density at radius 3 is 2.40 bits per heavy atom. The zero-order valence-electron chi connectivity index (χ0n) is 39.9. The second-order valence-corrected chi connectivity index (χ2v) is 23.8. The van der Waals surface area contributed by atoms with Crippen LogP contribution in [0.2, 0.25) is 0 Å². The molecule has 1 saturated heterocycles. The molecule has 65 heavy (non-hydrogen) atoms. The van der Waals surface area contributed by atoms with Crippen LogP contribution in [0.3, 0.4) is 0 Å². The minimum atomic E-state index is 0.0677. The van der Waals surface area contributed by atoms with E-state index in [1.165, 1.54) is 148 Å². The summed E-state index contributed by atoms with van der Waals surface area (Å²) in [7, 11) is 0. The molecule has 2 aromatic carbocycles. The van der Waals surface area contributed by atoms with Gasteiger partial charge in [0.15, 0.2) is 0 Å². The van der Waals surface area contributed by atoms with Gasteiger partial charge in [0.1, 0.15) is 0 Å². The van der Waals surface area contributed by atoms with Crippen molar-refractivity contribution in [2.75, 3.05) is 4.90 Å². The third-order valence-corrected chi connectivity index (χ3v) is 20.9. The largest absolute Gasteiger partial charge is 0.374 e. The normalized spacial score (nSPS) is 41.9. The summed E-state index contributed by atoms with van der Waals surface area (Å²) in [5.41, 5.74) is 12.2. The van der Waals surface area contributed by atoms with E-state index in [1.807, 2.05) is 11.1 Å². The summed E-state index contributed by atoms with van der Waals surface area (Å²) < 4.78 is 6.77. The highest BCUT2D eigenvalue weighted by atomic mass is 16.5. The molecule has 4 saturated carbocycles. The zero-order valence-corrected chi connectivity index (χ0v) is 39.9. The molecule has 0 amide bonds. The van der Waals surface area contributed by atoms with Crippen LogP contribution in [0.25, 0.3) is 0 Å². The van der Waals surface area contributed by atoms with Gasteiger partial charge in [-0.3, -0.25) is 0 Å². The van der Waals surface area contributed by atoms with E-state index in [9.17, 15) is 0 Å².